The quantitative estimate of drug-likeness (QED) is 0.926. The van der Waals surface area contributed by atoms with Crippen LogP contribution in [-0.2, 0) is 17.3 Å². The van der Waals surface area contributed by atoms with Crippen molar-refractivity contribution in [1.82, 2.24) is 4.90 Å². The van der Waals surface area contributed by atoms with Crippen LogP contribution in [0.4, 0.5) is 13.2 Å². The summed E-state index contributed by atoms with van der Waals surface area (Å²) in [6.45, 7) is 1.22. The Hall–Kier alpha value is -1.11. The SMILES string of the molecule is CN1C2COCC1CC(O)(CCc1cccc(C(F)(F)F)c1)C2. The molecule has 1 aromatic rings. The lowest BCUT2D eigenvalue weighted by Crippen LogP contribution is -2.60. The summed E-state index contributed by atoms with van der Waals surface area (Å²) < 4.78 is 43.8. The zero-order valence-corrected chi connectivity index (χ0v) is 13.1. The molecule has 2 aliphatic heterocycles. The first-order valence-corrected chi connectivity index (χ1v) is 7.95. The Balaban J connectivity index is 1.66. The standard InChI is InChI=1S/C17H22F3NO2/c1-21-14-8-16(22,9-15(21)11-23-10-14)6-5-12-3-2-4-13(7-12)17(18,19)20/h2-4,7,14-15,22H,5-6,8-11H2,1H3. The van der Waals surface area contributed by atoms with Crippen LogP contribution in [0.1, 0.15) is 30.4 Å². The van der Waals surface area contributed by atoms with Gasteiger partial charge in [-0.25, -0.2) is 0 Å². The average Bonchev–Trinajstić information content (AvgIpc) is 2.47. The number of benzene rings is 1. The number of halogens is 3. The van der Waals surface area contributed by atoms with E-state index in [2.05, 4.69) is 4.90 Å². The highest BCUT2D eigenvalue weighted by molar-refractivity contribution is 5.26. The van der Waals surface area contributed by atoms with Gasteiger partial charge in [-0.05, 0) is 44.4 Å². The van der Waals surface area contributed by atoms with Gasteiger partial charge in [0.2, 0.25) is 0 Å². The Kier molecular flexibility index (Phi) is 4.42. The van der Waals surface area contributed by atoms with Crippen molar-refractivity contribution in [2.45, 2.75) is 49.5 Å². The number of rotatable bonds is 3. The summed E-state index contributed by atoms with van der Waals surface area (Å²) in [5.41, 5.74) is -0.830. The van der Waals surface area contributed by atoms with Crippen molar-refractivity contribution in [3.05, 3.63) is 35.4 Å². The molecule has 3 nitrogen and oxygen atoms in total. The fraction of sp³-hybridized carbons (Fsp3) is 0.647. The molecule has 2 atom stereocenters. The minimum absolute atomic E-state index is 0.189. The van der Waals surface area contributed by atoms with Crippen molar-refractivity contribution in [2.75, 3.05) is 20.3 Å². The van der Waals surface area contributed by atoms with Crippen LogP contribution in [0.3, 0.4) is 0 Å². The predicted octanol–water partition coefficient (Wildman–Crippen LogP) is 2.86. The number of nitrogens with zero attached hydrogens (tertiary/aromatic N) is 1. The van der Waals surface area contributed by atoms with Gasteiger partial charge in [0.1, 0.15) is 0 Å². The molecule has 2 heterocycles. The third-order valence-corrected chi connectivity index (χ3v) is 5.14. The van der Waals surface area contributed by atoms with E-state index in [-0.39, 0.29) is 12.1 Å². The van der Waals surface area contributed by atoms with E-state index in [1.165, 1.54) is 12.1 Å². The van der Waals surface area contributed by atoms with Crippen LogP contribution in [-0.4, -0.2) is 48.0 Å². The molecule has 2 aliphatic rings. The molecular weight excluding hydrogens is 307 g/mol. The molecule has 0 spiro atoms. The largest absolute Gasteiger partial charge is 0.416 e. The third kappa shape index (κ3) is 3.70. The van der Waals surface area contributed by atoms with E-state index in [1.54, 1.807) is 6.07 Å². The Labute approximate surface area is 134 Å². The number of alkyl halides is 3. The van der Waals surface area contributed by atoms with Crippen molar-refractivity contribution >= 4 is 0 Å². The first kappa shape index (κ1) is 16.7. The zero-order chi connectivity index (χ0) is 16.7. The Bertz CT molecular complexity index is 547. The minimum atomic E-state index is -4.32. The van der Waals surface area contributed by atoms with Gasteiger partial charge >= 0.3 is 6.18 Å². The van der Waals surface area contributed by atoms with E-state index >= 15 is 0 Å². The molecule has 0 amide bonds. The topological polar surface area (TPSA) is 32.7 Å². The van der Waals surface area contributed by atoms with Gasteiger partial charge in [0.05, 0.1) is 24.4 Å². The molecule has 2 saturated heterocycles. The van der Waals surface area contributed by atoms with E-state index in [0.29, 0.717) is 44.5 Å². The number of aliphatic hydroxyl groups is 1. The molecule has 0 aromatic heterocycles. The molecular formula is C17H22F3NO2. The van der Waals surface area contributed by atoms with Crippen LogP contribution < -0.4 is 0 Å². The monoisotopic (exact) mass is 329 g/mol. The second-order valence-corrected chi connectivity index (χ2v) is 6.84. The Morgan fingerprint density at radius 2 is 1.91 bits per heavy atom. The number of hydrogen-bond acceptors (Lipinski definition) is 3. The number of hydrogen-bond donors (Lipinski definition) is 1. The van der Waals surface area contributed by atoms with Gasteiger partial charge in [0, 0.05) is 12.1 Å². The molecule has 128 valence electrons. The number of fused-ring (bicyclic) bond motifs is 2. The van der Waals surface area contributed by atoms with Crippen LogP contribution in [0.25, 0.3) is 0 Å². The van der Waals surface area contributed by atoms with E-state index in [4.69, 9.17) is 4.74 Å². The molecule has 0 aliphatic carbocycles. The number of likely N-dealkylation sites (N-methyl/N-ethyl adjacent to an activating group) is 1. The first-order chi connectivity index (χ1) is 10.8. The van der Waals surface area contributed by atoms with Crippen LogP contribution in [0.5, 0.6) is 0 Å². The highest BCUT2D eigenvalue weighted by Crippen LogP contribution is 2.36. The number of aryl methyl sites for hydroxylation is 1. The highest BCUT2D eigenvalue weighted by atomic mass is 19.4. The molecule has 0 saturated carbocycles. The van der Waals surface area contributed by atoms with Crippen molar-refractivity contribution < 1.29 is 23.0 Å². The van der Waals surface area contributed by atoms with Crippen LogP contribution in [0.15, 0.2) is 24.3 Å². The lowest BCUT2D eigenvalue weighted by Gasteiger charge is -2.50. The summed E-state index contributed by atoms with van der Waals surface area (Å²) >= 11 is 0. The average molecular weight is 329 g/mol. The predicted molar refractivity (Wildman–Crippen MR) is 80.1 cm³/mol. The summed E-state index contributed by atoms with van der Waals surface area (Å²) in [6, 6.07) is 5.76. The van der Waals surface area contributed by atoms with E-state index in [1.807, 2.05) is 7.05 Å². The van der Waals surface area contributed by atoms with E-state index < -0.39 is 17.3 Å². The van der Waals surface area contributed by atoms with Crippen molar-refractivity contribution in [3.63, 3.8) is 0 Å². The smallest absolute Gasteiger partial charge is 0.390 e. The lowest BCUT2D eigenvalue weighted by molar-refractivity contribution is -0.137. The van der Waals surface area contributed by atoms with Crippen molar-refractivity contribution in [1.29, 1.82) is 0 Å². The van der Waals surface area contributed by atoms with Gasteiger partial charge in [0.15, 0.2) is 0 Å². The molecule has 1 aromatic carbocycles. The van der Waals surface area contributed by atoms with E-state index in [9.17, 15) is 18.3 Å². The maximum atomic E-state index is 12.8. The van der Waals surface area contributed by atoms with Crippen LogP contribution in [0, 0.1) is 0 Å². The molecule has 1 N–H and O–H groups in total. The minimum Gasteiger partial charge on any atom is -0.390 e. The van der Waals surface area contributed by atoms with Crippen LogP contribution >= 0.6 is 0 Å². The van der Waals surface area contributed by atoms with Gasteiger partial charge in [-0.3, -0.25) is 4.90 Å². The maximum absolute atomic E-state index is 12.8. The van der Waals surface area contributed by atoms with Gasteiger partial charge in [-0.1, -0.05) is 18.2 Å². The number of morpholine rings is 1. The molecule has 23 heavy (non-hydrogen) atoms. The first-order valence-electron chi connectivity index (χ1n) is 7.95. The summed E-state index contributed by atoms with van der Waals surface area (Å²) in [5, 5.41) is 10.9. The molecule has 2 bridgehead atoms. The Morgan fingerprint density at radius 1 is 1.26 bits per heavy atom. The maximum Gasteiger partial charge on any atom is 0.416 e. The lowest BCUT2D eigenvalue weighted by atomic mass is 9.78. The number of ether oxygens (including phenoxy) is 1. The fourth-order valence-electron chi connectivity index (χ4n) is 3.72. The second-order valence-electron chi connectivity index (χ2n) is 6.84. The third-order valence-electron chi connectivity index (χ3n) is 5.14. The zero-order valence-electron chi connectivity index (χ0n) is 13.1. The van der Waals surface area contributed by atoms with Gasteiger partial charge in [-0.2, -0.15) is 13.2 Å². The normalized spacial score (nSPS) is 32.0. The van der Waals surface area contributed by atoms with E-state index in [0.717, 1.165) is 6.07 Å². The second kappa shape index (κ2) is 6.07. The van der Waals surface area contributed by atoms with Gasteiger partial charge < -0.3 is 9.84 Å². The summed E-state index contributed by atoms with van der Waals surface area (Å²) in [4.78, 5) is 2.25. The molecule has 2 fully saturated rings. The van der Waals surface area contributed by atoms with Crippen molar-refractivity contribution in [2.24, 2.45) is 0 Å². The summed E-state index contributed by atoms with van der Waals surface area (Å²) in [5.74, 6) is 0. The Morgan fingerprint density at radius 3 is 2.52 bits per heavy atom. The van der Waals surface area contributed by atoms with Gasteiger partial charge in [0.25, 0.3) is 0 Å². The number of piperidine rings is 1. The fourth-order valence-corrected chi connectivity index (χ4v) is 3.72. The molecule has 6 heteroatoms. The molecule has 3 rings (SSSR count). The molecule has 0 radical (unpaired) electrons. The molecule has 2 unspecified atom stereocenters. The van der Waals surface area contributed by atoms with Gasteiger partial charge in [-0.15, -0.1) is 0 Å². The highest BCUT2D eigenvalue weighted by Gasteiger charge is 2.44. The van der Waals surface area contributed by atoms with Crippen molar-refractivity contribution in [3.8, 4) is 0 Å². The summed E-state index contributed by atoms with van der Waals surface area (Å²) in [6.07, 6.45) is -2.17. The summed E-state index contributed by atoms with van der Waals surface area (Å²) in [7, 11) is 2.05. The van der Waals surface area contributed by atoms with Crippen LogP contribution in [0.2, 0.25) is 0 Å².